The molecule has 1 aliphatic rings. The molecular formula is C28H34IP. The molecular weight excluding hydrogens is 494 g/mol. The third kappa shape index (κ3) is 5.17. The predicted octanol–water partition coefficient (Wildman–Crippen LogP) is 3.59. The summed E-state index contributed by atoms with van der Waals surface area (Å²) >= 11 is 0. The maximum atomic E-state index is 2.39. The van der Waals surface area contributed by atoms with E-state index in [9.17, 15) is 0 Å². The maximum Gasteiger partial charge on any atom is 0.112 e. The Kier molecular flexibility index (Phi) is 8.96. The van der Waals surface area contributed by atoms with Crippen molar-refractivity contribution in [3.8, 4) is 0 Å². The quantitative estimate of drug-likeness (QED) is 0.325. The van der Waals surface area contributed by atoms with Gasteiger partial charge in [-0.2, -0.15) is 0 Å². The van der Waals surface area contributed by atoms with E-state index in [1.54, 1.807) is 0 Å². The first-order valence-electron chi connectivity index (χ1n) is 11.4. The summed E-state index contributed by atoms with van der Waals surface area (Å²) in [5.41, 5.74) is 0. The number of halogens is 1. The highest BCUT2D eigenvalue weighted by Crippen LogP contribution is 2.58. The third-order valence-electron chi connectivity index (χ3n) is 6.79. The summed E-state index contributed by atoms with van der Waals surface area (Å²) < 4.78 is 0. The fourth-order valence-electron chi connectivity index (χ4n) is 5.31. The van der Waals surface area contributed by atoms with Gasteiger partial charge >= 0.3 is 0 Å². The summed E-state index contributed by atoms with van der Waals surface area (Å²) in [6.07, 6.45) is 9.73. The summed E-state index contributed by atoms with van der Waals surface area (Å²) in [4.78, 5) is 0. The van der Waals surface area contributed by atoms with Crippen molar-refractivity contribution in [1.29, 1.82) is 0 Å². The van der Waals surface area contributed by atoms with Crippen LogP contribution in [0.4, 0.5) is 0 Å². The van der Waals surface area contributed by atoms with Crippen LogP contribution < -0.4 is 39.9 Å². The average Bonchev–Trinajstić information content (AvgIpc) is 2.80. The summed E-state index contributed by atoms with van der Waals surface area (Å²) in [6.45, 7) is 2.34. The lowest BCUT2D eigenvalue weighted by atomic mass is 9.81. The Labute approximate surface area is 200 Å². The smallest absolute Gasteiger partial charge is 0.112 e. The largest absolute Gasteiger partial charge is 1.00 e. The molecule has 1 fully saturated rings. The number of hydrogen-bond donors (Lipinski definition) is 0. The van der Waals surface area contributed by atoms with Crippen molar-refractivity contribution in [2.75, 3.05) is 6.16 Å². The highest BCUT2D eigenvalue weighted by molar-refractivity contribution is 7.95. The zero-order valence-electron chi connectivity index (χ0n) is 18.1. The predicted molar refractivity (Wildman–Crippen MR) is 130 cm³/mol. The molecule has 0 radical (unpaired) electrons. The van der Waals surface area contributed by atoms with Gasteiger partial charge in [0, 0.05) is 0 Å². The Bertz CT molecular complexity index is 758. The van der Waals surface area contributed by atoms with E-state index in [1.165, 1.54) is 60.6 Å². The van der Waals surface area contributed by atoms with Crippen LogP contribution in [0.1, 0.15) is 45.4 Å². The maximum absolute atomic E-state index is 2.39. The first-order valence-corrected chi connectivity index (χ1v) is 13.3. The summed E-state index contributed by atoms with van der Waals surface area (Å²) in [5, 5.41) is 4.61. The van der Waals surface area contributed by atoms with Gasteiger partial charge in [0.25, 0.3) is 0 Å². The van der Waals surface area contributed by atoms with Gasteiger partial charge in [-0.15, -0.1) is 0 Å². The average molecular weight is 528 g/mol. The van der Waals surface area contributed by atoms with E-state index in [-0.39, 0.29) is 24.0 Å². The Morgan fingerprint density at radius 2 is 0.967 bits per heavy atom. The molecule has 4 rings (SSSR count). The Morgan fingerprint density at radius 1 is 0.600 bits per heavy atom. The van der Waals surface area contributed by atoms with Crippen LogP contribution >= 0.6 is 7.26 Å². The second kappa shape index (κ2) is 11.4. The monoisotopic (exact) mass is 528 g/mol. The van der Waals surface area contributed by atoms with Crippen LogP contribution in [0.3, 0.4) is 0 Å². The van der Waals surface area contributed by atoms with Crippen LogP contribution in [0.15, 0.2) is 91.0 Å². The normalized spacial score (nSPS) is 19.1. The van der Waals surface area contributed by atoms with E-state index in [1.807, 2.05) is 0 Å². The van der Waals surface area contributed by atoms with Crippen molar-refractivity contribution in [3.05, 3.63) is 91.0 Å². The van der Waals surface area contributed by atoms with Crippen LogP contribution in [0.2, 0.25) is 0 Å². The third-order valence-corrected chi connectivity index (χ3v) is 11.4. The Hall–Kier alpha value is -1.18. The van der Waals surface area contributed by atoms with Crippen molar-refractivity contribution < 1.29 is 24.0 Å². The van der Waals surface area contributed by atoms with E-state index in [0.717, 1.165) is 11.8 Å². The minimum absolute atomic E-state index is 0. The fourth-order valence-corrected chi connectivity index (χ4v) is 10.0. The number of rotatable bonds is 7. The molecule has 3 aromatic rings. The molecule has 0 unspecified atom stereocenters. The summed E-state index contributed by atoms with van der Waals surface area (Å²) in [5.74, 6) is 1.80. The molecule has 158 valence electrons. The van der Waals surface area contributed by atoms with Crippen molar-refractivity contribution >= 4 is 23.2 Å². The summed E-state index contributed by atoms with van der Waals surface area (Å²) in [6, 6.07) is 34.2. The summed E-state index contributed by atoms with van der Waals surface area (Å²) in [7, 11) is -1.66. The molecule has 0 aromatic heterocycles. The lowest BCUT2D eigenvalue weighted by Gasteiger charge is -2.34. The zero-order chi connectivity index (χ0) is 19.9. The van der Waals surface area contributed by atoms with Gasteiger partial charge in [-0.25, -0.2) is 0 Å². The van der Waals surface area contributed by atoms with Gasteiger partial charge in [0.1, 0.15) is 23.2 Å². The number of benzene rings is 3. The molecule has 0 spiro atoms. The van der Waals surface area contributed by atoms with Crippen LogP contribution in [-0.4, -0.2) is 6.16 Å². The molecule has 0 amide bonds. The second-order valence-electron chi connectivity index (χ2n) is 8.67. The van der Waals surface area contributed by atoms with Gasteiger partial charge in [0.05, 0.1) is 6.16 Å². The van der Waals surface area contributed by atoms with E-state index in [4.69, 9.17) is 0 Å². The molecule has 0 aliphatic heterocycles. The van der Waals surface area contributed by atoms with Gasteiger partial charge in [-0.1, -0.05) is 87.2 Å². The van der Waals surface area contributed by atoms with Crippen LogP contribution in [0.5, 0.6) is 0 Å². The van der Waals surface area contributed by atoms with Crippen molar-refractivity contribution in [1.82, 2.24) is 0 Å². The molecule has 0 saturated heterocycles. The number of hydrogen-bond acceptors (Lipinski definition) is 0. The SMILES string of the molecule is CCC[C@H]1CC[C@H](C[P+](c2ccccc2)(c2ccccc2)c2ccccc2)CC1.[I-]. The van der Waals surface area contributed by atoms with Crippen LogP contribution in [0.25, 0.3) is 0 Å². The van der Waals surface area contributed by atoms with Gasteiger partial charge in [-0.3, -0.25) is 0 Å². The minimum Gasteiger partial charge on any atom is -1.00 e. The Balaban J connectivity index is 0.00000256. The van der Waals surface area contributed by atoms with Crippen LogP contribution in [-0.2, 0) is 0 Å². The molecule has 30 heavy (non-hydrogen) atoms. The van der Waals surface area contributed by atoms with Gasteiger partial charge < -0.3 is 24.0 Å². The molecule has 0 N–H and O–H groups in total. The molecule has 0 atom stereocenters. The molecule has 1 saturated carbocycles. The fraction of sp³-hybridized carbons (Fsp3) is 0.357. The van der Waals surface area contributed by atoms with Crippen LogP contribution in [0, 0.1) is 11.8 Å². The minimum atomic E-state index is -1.66. The first-order chi connectivity index (χ1) is 14.3. The zero-order valence-corrected chi connectivity index (χ0v) is 21.1. The molecule has 2 heteroatoms. The van der Waals surface area contributed by atoms with Crippen molar-refractivity contribution in [3.63, 3.8) is 0 Å². The molecule has 3 aromatic carbocycles. The standard InChI is InChI=1S/C28H34P.HI/c1-2-12-24-19-21-25(22-20-24)23-29(26-13-6-3-7-14-26,27-15-8-4-9-16-27)28-17-10-5-11-18-28;/h3-11,13-18,24-25H,2,12,19-23H2,1H3;1H/q+1;/p-1/t24-,25-;. The van der Waals surface area contributed by atoms with E-state index >= 15 is 0 Å². The first kappa shape index (κ1) is 23.5. The lowest BCUT2D eigenvalue weighted by molar-refractivity contribution is -0.00000585. The van der Waals surface area contributed by atoms with Gasteiger partial charge in [0.2, 0.25) is 0 Å². The lowest BCUT2D eigenvalue weighted by Crippen LogP contribution is -3.00. The van der Waals surface area contributed by atoms with Gasteiger partial charge in [0.15, 0.2) is 0 Å². The highest BCUT2D eigenvalue weighted by Gasteiger charge is 2.47. The second-order valence-corrected chi connectivity index (χ2v) is 12.2. The van der Waals surface area contributed by atoms with E-state index in [0.29, 0.717) is 0 Å². The van der Waals surface area contributed by atoms with E-state index < -0.39 is 7.26 Å². The van der Waals surface area contributed by atoms with E-state index in [2.05, 4.69) is 97.9 Å². The topological polar surface area (TPSA) is 0 Å². The molecule has 1 aliphatic carbocycles. The van der Waals surface area contributed by atoms with Gasteiger partial charge in [-0.05, 0) is 61.1 Å². The molecule has 0 nitrogen and oxygen atoms in total. The highest BCUT2D eigenvalue weighted by atomic mass is 127. The molecule has 0 bridgehead atoms. The van der Waals surface area contributed by atoms with Crippen molar-refractivity contribution in [2.45, 2.75) is 45.4 Å². The molecule has 0 heterocycles. The van der Waals surface area contributed by atoms with Crippen molar-refractivity contribution in [2.24, 2.45) is 11.8 Å². The Morgan fingerprint density at radius 3 is 1.33 bits per heavy atom.